The molecule has 9 heteroatoms. The molecule has 1 aliphatic rings. The first kappa shape index (κ1) is 22.7. The van der Waals surface area contributed by atoms with Gasteiger partial charge in [0.15, 0.2) is 6.29 Å². The van der Waals surface area contributed by atoms with Gasteiger partial charge in [0.25, 0.3) is 0 Å². The summed E-state index contributed by atoms with van der Waals surface area (Å²) in [5.41, 5.74) is -5.76. The second-order valence-electron chi connectivity index (χ2n) is 7.59. The van der Waals surface area contributed by atoms with Crippen molar-refractivity contribution in [2.24, 2.45) is 0 Å². The van der Waals surface area contributed by atoms with E-state index in [9.17, 15) is 36.6 Å². The molecule has 2 rings (SSSR count). The zero-order valence-corrected chi connectivity index (χ0v) is 15.4. The van der Waals surface area contributed by atoms with Gasteiger partial charge >= 0.3 is 12.4 Å². The molecule has 1 fully saturated rings. The van der Waals surface area contributed by atoms with Gasteiger partial charge in [0, 0.05) is 0 Å². The van der Waals surface area contributed by atoms with Gasteiger partial charge in [-0.1, -0.05) is 6.58 Å². The molecule has 0 spiro atoms. The minimum Gasteiger partial charge on any atom is -0.385 e. The SMILES string of the molecule is C=C(C)C(O)OC1(C)CCC(O)(c2cc(C(F)(F)F)cc(C(F)(F)F)c2)CC1. The molecule has 3 nitrogen and oxygen atoms in total. The van der Waals surface area contributed by atoms with E-state index >= 15 is 0 Å². The monoisotopic (exact) mass is 412 g/mol. The van der Waals surface area contributed by atoms with E-state index in [1.54, 1.807) is 13.8 Å². The maximum Gasteiger partial charge on any atom is 0.416 e. The molecule has 1 atom stereocenters. The molecular weight excluding hydrogens is 390 g/mol. The van der Waals surface area contributed by atoms with Crippen LogP contribution in [-0.4, -0.2) is 22.1 Å². The summed E-state index contributed by atoms with van der Waals surface area (Å²) in [6.45, 7) is 6.76. The Labute approximate surface area is 158 Å². The lowest BCUT2D eigenvalue weighted by atomic mass is 9.73. The Morgan fingerprint density at radius 2 is 1.43 bits per heavy atom. The number of benzene rings is 1. The molecule has 28 heavy (non-hydrogen) atoms. The van der Waals surface area contributed by atoms with Gasteiger partial charge < -0.3 is 14.9 Å². The van der Waals surface area contributed by atoms with Crippen LogP contribution < -0.4 is 0 Å². The van der Waals surface area contributed by atoms with E-state index in [0.29, 0.717) is 17.7 Å². The van der Waals surface area contributed by atoms with E-state index in [0.717, 1.165) is 0 Å². The Morgan fingerprint density at radius 3 is 1.79 bits per heavy atom. The van der Waals surface area contributed by atoms with Crippen LogP contribution in [0.3, 0.4) is 0 Å². The minimum absolute atomic E-state index is 0.0339. The summed E-state index contributed by atoms with van der Waals surface area (Å²) >= 11 is 0. The number of rotatable bonds is 4. The van der Waals surface area contributed by atoms with Gasteiger partial charge in [-0.2, -0.15) is 26.3 Å². The van der Waals surface area contributed by atoms with Crippen molar-refractivity contribution >= 4 is 0 Å². The molecule has 0 saturated heterocycles. The van der Waals surface area contributed by atoms with Crippen LogP contribution in [0, 0.1) is 0 Å². The Balaban J connectivity index is 2.34. The lowest BCUT2D eigenvalue weighted by Gasteiger charge is -2.43. The number of aliphatic hydroxyl groups excluding tert-OH is 1. The fourth-order valence-electron chi connectivity index (χ4n) is 3.19. The van der Waals surface area contributed by atoms with Gasteiger partial charge in [-0.05, 0) is 68.9 Å². The summed E-state index contributed by atoms with van der Waals surface area (Å²) in [5, 5.41) is 20.6. The van der Waals surface area contributed by atoms with Crippen LogP contribution >= 0.6 is 0 Å². The maximum absolute atomic E-state index is 13.1. The van der Waals surface area contributed by atoms with E-state index < -0.39 is 46.5 Å². The van der Waals surface area contributed by atoms with Gasteiger partial charge in [0.05, 0.1) is 22.3 Å². The van der Waals surface area contributed by atoms with Crippen LogP contribution in [0.25, 0.3) is 0 Å². The van der Waals surface area contributed by atoms with Crippen molar-refractivity contribution in [3.63, 3.8) is 0 Å². The molecule has 1 aromatic carbocycles. The average Bonchev–Trinajstić information content (AvgIpc) is 2.56. The number of aliphatic hydroxyl groups is 2. The molecule has 0 amide bonds. The van der Waals surface area contributed by atoms with Gasteiger partial charge in [0.1, 0.15) is 0 Å². The fourth-order valence-corrected chi connectivity index (χ4v) is 3.19. The fraction of sp³-hybridized carbons (Fsp3) is 0.579. The Bertz CT molecular complexity index is 698. The van der Waals surface area contributed by atoms with Crippen molar-refractivity contribution in [2.45, 2.75) is 69.4 Å². The third-order valence-corrected chi connectivity index (χ3v) is 5.08. The lowest BCUT2D eigenvalue weighted by molar-refractivity contribution is -0.189. The predicted octanol–water partition coefficient (Wildman–Crippen LogP) is 5.16. The Hall–Kier alpha value is -1.58. The molecule has 0 aliphatic heterocycles. The van der Waals surface area contributed by atoms with Crippen molar-refractivity contribution in [2.75, 3.05) is 0 Å². The zero-order valence-electron chi connectivity index (χ0n) is 15.4. The highest BCUT2D eigenvalue weighted by molar-refractivity contribution is 5.37. The van der Waals surface area contributed by atoms with Crippen LogP contribution in [0.15, 0.2) is 30.4 Å². The van der Waals surface area contributed by atoms with Crippen LogP contribution in [0.2, 0.25) is 0 Å². The summed E-state index contributed by atoms with van der Waals surface area (Å²) in [6.07, 6.45) is -11.2. The van der Waals surface area contributed by atoms with Gasteiger partial charge in [-0.25, -0.2) is 0 Å². The third kappa shape index (κ3) is 5.07. The summed E-state index contributed by atoms with van der Waals surface area (Å²) in [7, 11) is 0. The molecule has 1 unspecified atom stereocenters. The highest BCUT2D eigenvalue weighted by Gasteiger charge is 2.44. The summed E-state index contributed by atoms with van der Waals surface area (Å²) < 4.78 is 83.9. The third-order valence-electron chi connectivity index (χ3n) is 5.08. The van der Waals surface area contributed by atoms with Crippen LogP contribution in [0.1, 0.15) is 56.2 Å². The van der Waals surface area contributed by atoms with Crippen LogP contribution in [0.5, 0.6) is 0 Å². The van der Waals surface area contributed by atoms with Crippen molar-refractivity contribution < 1.29 is 41.3 Å². The predicted molar refractivity (Wildman–Crippen MR) is 89.1 cm³/mol. The molecule has 158 valence electrons. The normalized spacial score (nSPS) is 27.5. The molecule has 1 aromatic rings. The molecule has 0 bridgehead atoms. The topological polar surface area (TPSA) is 49.7 Å². The molecule has 1 saturated carbocycles. The molecule has 0 heterocycles. The first-order valence-electron chi connectivity index (χ1n) is 8.59. The summed E-state index contributed by atoms with van der Waals surface area (Å²) in [4.78, 5) is 0. The Kier molecular flexibility index (Phi) is 5.96. The summed E-state index contributed by atoms with van der Waals surface area (Å²) in [5.74, 6) is 0. The minimum atomic E-state index is -4.98. The average molecular weight is 412 g/mol. The number of ether oxygens (including phenoxy) is 1. The highest BCUT2D eigenvalue weighted by atomic mass is 19.4. The van der Waals surface area contributed by atoms with E-state index in [2.05, 4.69) is 6.58 Å². The van der Waals surface area contributed by atoms with E-state index in [4.69, 9.17) is 4.74 Å². The van der Waals surface area contributed by atoms with Crippen molar-refractivity contribution in [1.82, 2.24) is 0 Å². The molecular formula is C19H22F6O3. The standard InChI is InChI=1S/C19H22F6O3/c1-11(2)15(26)28-16(3)4-6-17(27,7-5-16)12-8-13(18(20,21)22)10-14(9-12)19(23,24)25/h8-10,15,26-27H,1,4-7H2,2-3H3. The van der Waals surface area contributed by atoms with Crippen LogP contribution in [-0.2, 0) is 22.7 Å². The second-order valence-corrected chi connectivity index (χ2v) is 7.59. The number of halogens is 6. The van der Waals surface area contributed by atoms with Gasteiger partial charge in [-0.15, -0.1) is 0 Å². The largest absolute Gasteiger partial charge is 0.416 e. The van der Waals surface area contributed by atoms with Crippen molar-refractivity contribution in [3.8, 4) is 0 Å². The van der Waals surface area contributed by atoms with Crippen molar-refractivity contribution in [3.05, 3.63) is 47.0 Å². The van der Waals surface area contributed by atoms with Crippen LogP contribution in [0.4, 0.5) is 26.3 Å². The molecule has 0 aromatic heterocycles. The van der Waals surface area contributed by atoms with Crippen molar-refractivity contribution in [1.29, 1.82) is 0 Å². The van der Waals surface area contributed by atoms with E-state index in [1.807, 2.05) is 0 Å². The summed E-state index contributed by atoms with van der Waals surface area (Å²) in [6, 6.07) is 1.15. The molecule has 1 aliphatic carbocycles. The number of alkyl halides is 6. The lowest BCUT2D eigenvalue weighted by Crippen LogP contribution is -2.43. The maximum atomic E-state index is 13.1. The Morgan fingerprint density at radius 1 is 1.00 bits per heavy atom. The molecule has 0 radical (unpaired) electrons. The quantitative estimate of drug-likeness (QED) is 0.408. The first-order valence-corrected chi connectivity index (χ1v) is 8.59. The highest BCUT2D eigenvalue weighted by Crippen LogP contribution is 2.46. The smallest absolute Gasteiger partial charge is 0.385 e. The second kappa shape index (κ2) is 7.35. The van der Waals surface area contributed by atoms with Gasteiger partial charge in [0.2, 0.25) is 0 Å². The molecule has 2 N–H and O–H groups in total. The van der Waals surface area contributed by atoms with E-state index in [1.165, 1.54) is 0 Å². The number of hydrogen-bond donors (Lipinski definition) is 2. The van der Waals surface area contributed by atoms with E-state index in [-0.39, 0.29) is 31.7 Å². The number of hydrogen-bond acceptors (Lipinski definition) is 3. The zero-order chi connectivity index (χ0) is 21.5. The van der Waals surface area contributed by atoms with Gasteiger partial charge in [-0.3, -0.25) is 0 Å². The first-order chi connectivity index (χ1) is 12.6.